The second-order valence-electron chi connectivity index (χ2n) is 6.65. The number of aromatic nitrogens is 2. The Bertz CT molecular complexity index is 876. The molecule has 25 heavy (non-hydrogen) atoms. The summed E-state index contributed by atoms with van der Waals surface area (Å²) >= 11 is 6.04. The lowest BCUT2D eigenvalue weighted by Gasteiger charge is -2.37. The molecule has 1 atom stereocenters. The summed E-state index contributed by atoms with van der Waals surface area (Å²) in [4.78, 5) is 12.3. The number of anilines is 1. The van der Waals surface area contributed by atoms with Gasteiger partial charge in [0, 0.05) is 28.6 Å². The van der Waals surface area contributed by atoms with Gasteiger partial charge in [0.15, 0.2) is 5.82 Å². The zero-order chi connectivity index (χ0) is 17.2. The molecule has 0 spiro atoms. The third kappa shape index (κ3) is 3.21. The fourth-order valence-corrected chi connectivity index (χ4v) is 3.84. The summed E-state index contributed by atoms with van der Waals surface area (Å²) in [5.74, 6) is 1.84. The molecule has 0 N–H and O–H groups in total. The largest absolute Gasteiger partial charge is 0.353 e. The maximum atomic E-state index is 6.04. The minimum atomic E-state index is 0.560. The number of halogens is 1. The van der Waals surface area contributed by atoms with Gasteiger partial charge in [0.05, 0.1) is 5.52 Å². The Morgan fingerprint density at radius 2 is 1.84 bits per heavy atom. The predicted molar refractivity (Wildman–Crippen MR) is 105 cm³/mol. The first-order valence-corrected chi connectivity index (χ1v) is 9.43. The van der Waals surface area contributed by atoms with Gasteiger partial charge < -0.3 is 4.90 Å². The number of rotatable bonds is 3. The molecule has 1 aliphatic rings. The van der Waals surface area contributed by atoms with Gasteiger partial charge in [-0.05, 0) is 62.1 Å². The van der Waals surface area contributed by atoms with Gasteiger partial charge in [-0.2, -0.15) is 0 Å². The van der Waals surface area contributed by atoms with Crippen LogP contribution in [0.15, 0.2) is 48.5 Å². The number of hydrogen-bond donors (Lipinski definition) is 0. The molecule has 0 amide bonds. The molecule has 0 saturated carbocycles. The number of nitrogens with zero attached hydrogens (tertiary/aromatic N) is 3. The van der Waals surface area contributed by atoms with Crippen LogP contribution in [0.25, 0.3) is 22.3 Å². The summed E-state index contributed by atoms with van der Waals surface area (Å²) in [6.07, 6.45) is 4.92. The van der Waals surface area contributed by atoms with Gasteiger partial charge in [-0.15, -0.1) is 0 Å². The molecule has 0 bridgehead atoms. The van der Waals surface area contributed by atoms with Crippen LogP contribution in [0.3, 0.4) is 0 Å². The summed E-state index contributed by atoms with van der Waals surface area (Å²) in [5.41, 5.74) is 2.00. The Balaban J connectivity index is 1.88. The van der Waals surface area contributed by atoms with E-state index in [1.165, 1.54) is 19.3 Å². The van der Waals surface area contributed by atoms with E-state index in [0.29, 0.717) is 6.04 Å². The van der Waals surface area contributed by atoms with Crippen molar-refractivity contribution in [2.75, 3.05) is 11.4 Å². The first kappa shape index (κ1) is 16.3. The van der Waals surface area contributed by atoms with Gasteiger partial charge in [0.1, 0.15) is 5.82 Å². The molecule has 3 nitrogen and oxygen atoms in total. The fourth-order valence-electron chi connectivity index (χ4n) is 3.71. The maximum Gasteiger partial charge on any atom is 0.162 e. The minimum Gasteiger partial charge on any atom is -0.353 e. The molecule has 0 unspecified atom stereocenters. The van der Waals surface area contributed by atoms with Crippen LogP contribution in [0, 0.1) is 0 Å². The van der Waals surface area contributed by atoms with E-state index in [1.54, 1.807) is 0 Å². The fraction of sp³-hybridized carbons (Fsp3) is 0.333. The van der Waals surface area contributed by atoms with E-state index >= 15 is 0 Å². The van der Waals surface area contributed by atoms with Crippen molar-refractivity contribution in [2.24, 2.45) is 0 Å². The number of hydrogen-bond acceptors (Lipinski definition) is 3. The third-order valence-corrected chi connectivity index (χ3v) is 5.31. The van der Waals surface area contributed by atoms with Gasteiger partial charge in [0.25, 0.3) is 0 Å². The molecule has 2 heterocycles. The van der Waals surface area contributed by atoms with E-state index < -0.39 is 0 Å². The Labute approximate surface area is 153 Å². The highest BCUT2D eigenvalue weighted by Crippen LogP contribution is 2.32. The second kappa shape index (κ2) is 7.01. The van der Waals surface area contributed by atoms with E-state index in [2.05, 4.69) is 30.0 Å². The van der Waals surface area contributed by atoms with Gasteiger partial charge in [-0.25, -0.2) is 9.97 Å². The van der Waals surface area contributed by atoms with E-state index in [0.717, 1.165) is 46.1 Å². The minimum absolute atomic E-state index is 0.560. The quantitative estimate of drug-likeness (QED) is 0.604. The highest BCUT2D eigenvalue weighted by molar-refractivity contribution is 6.30. The molecule has 1 saturated heterocycles. The zero-order valence-corrected chi connectivity index (χ0v) is 15.2. The molecule has 1 aromatic heterocycles. The van der Waals surface area contributed by atoms with Crippen molar-refractivity contribution in [2.45, 2.75) is 38.6 Å². The normalized spacial score (nSPS) is 17.8. The maximum absolute atomic E-state index is 6.04. The molecule has 4 heteroatoms. The summed E-state index contributed by atoms with van der Waals surface area (Å²) in [7, 11) is 0. The SMILES string of the molecule is CC[C@H]1CCCCN1c1nc(-c2ccc(Cl)cc2)nc2ccccc12. The van der Waals surface area contributed by atoms with Crippen molar-refractivity contribution in [3.63, 3.8) is 0 Å². The summed E-state index contributed by atoms with van der Waals surface area (Å²) in [6, 6.07) is 16.6. The van der Waals surface area contributed by atoms with Crippen LogP contribution in [-0.2, 0) is 0 Å². The Hall–Kier alpha value is -2.13. The monoisotopic (exact) mass is 351 g/mol. The van der Waals surface area contributed by atoms with Crippen molar-refractivity contribution in [3.8, 4) is 11.4 Å². The van der Waals surface area contributed by atoms with Gasteiger partial charge in [-0.1, -0.05) is 30.7 Å². The van der Waals surface area contributed by atoms with Crippen LogP contribution in [0.2, 0.25) is 5.02 Å². The molecular formula is C21H22ClN3. The summed E-state index contributed by atoms with van der Waals surface area (Å²) < 4.78 is 0. The Morgan fingerprint density at radius 1 is 1.04 bits per heavy atom. The molecule has 3 aromatic rings. The van der Waals surface area contributed by atoms with Gasteiger partial charge >= 0.3 is 0 Å². The molecule has 1 fully saturated rings. The Kier molecular flexibility index (Phi) is 4.58. The van der Waals surface area contributed by atoms with Gasteiger partial charge in [-0.3, -0.25) is 0 Å². The number of piperidine rings is 1. The number of fused-ring (bicyclic) bond motifs is 1. The van der Waals surface area contributed by atoms with E-state index in [9.17, 15) is 0 Å². The van der Waals surface area contributed by atoms with Crippen molar-refractivity contribution in [1.29, 1.82) is 0 Å². The molecule has 2 aromatic carbocycles. The van der Waals surface area contributed by atoms with Crippen LogP contribution in [0.5, 0.6) is 0 Å². The van der Waals surface area contributed by atoms with E-state index in [-0.39, 0.29) is 0 Å². The van der Waals surface area contributed by atoms with Gasteiger partial charge in [0.2, 0.25) is 0 Å². The average Bonchev–Trinajstić information content (AvgIpc) is 2.67. The van der Waals surface area contributed by atoms with Crippen molar-refractivity contribution in [3.05, 3.63) is 53.6 Å². The molecule has 1 aliphatic heterocycles. The smallest absolute Gasteiger partial charge is 0.162 e. The number of para-hydroxylation sites is 1. The Morgan fingerprint density at radius 3 is 2.64 bits per heavy atom. The number of benzene rings is 2. The standard InChI is InChI=1S/C21H22ClN3/c1-2-17-7-5-6-14-25(17)21-18-8-3-4-9-19(18)23-20(24-21)15-10-12-16(22)13-11-15/h3-4,8-13,17H,2,5-7,14H2,1H3/t17-/m0/s1. The third-order valence-electron chi connectivity index (χ3n) is 5.06. The molecule has 128 valence electrons. The first-order chi connectivity index (χ1) is 12.3. The molecule has 0 radical (unpaired) electrons. The van der Waals surface area contributed by atoms with Crippen LogP contribution < -0.4 is 4.90 Å². The highest BCUT2D eigenvalue weighted by atomic mass is 35.5. The molecule has 0 aliphatic carbocycles. The topological polar surface area (TPSA) is 29.0 Å². The average molecular weight is 352 g/mol. The lowest BCUT2D eigenvalue weighted by Crippen LogP contribution is -2.39. The summed E-state index contributed by atoms with van der Waals surface area (Å²) in [5, 5.41) is 1.87. The summed E-state index contributed by atoms with van der Waals surface area (Å²) in [6.45, 7) is 3.34. The zero-order valence-electron chi connectivity index (χ0n) is 14.5. The molecule has 4 rings (SSSR count). The first-order valence-electron chi connectivity index (χ1n) is 9.05. The van der Waals surface area contributed by atoms with E-state index in [1.807, 2.05) is 30.3 Å². The van der Waals surface area contributed by atoms with Crippen LogP contribution in [-0.4, -0.2) is 22.6 Å². The van der Waals surface area contributed by atoms with Crippen molar-refractivity contribution < 1.29 is 0 Å². The lowest BCUT2D eigenvalue weighted by molar-refractivity contribution is 0.448. The van der Waals surface area contributed by atoms with E-state index in [4.69, 9.17) is 21.6 Å². The predicted octanol–water partition coefficient (Wildman–Crippen LogP) is 5.72. The van der Waals surface area contributed by atoms with Crippen LogP contribution in [0.1, 0.15) is 32.6 Å². The van der Waals surface area contributed by atoms with Crippen LogP contribution in [0.4, 0.5) is 5.82 Å². The highest BCUT2D eigenvalue weighted by Gasteiger charge is 2.24. The lowest BCUT2D eigenvalue weighted by atomic mass is 9.99. The second-order valence-corrected chi connectivity index (χ2v) is 7.08. The van der Waals surface area contributed by atoms with Crippen molar-refractivity contribution >= 4 is 28.3 Å². The molecular weight excluding hydrogens is 330 g/mol. The van der Waals surface area contributed by atoms with Crippen molar-refractivity contribution in [1.82, 2.24) is 9.97 Å². The van der Waals surface area contributed by atoms with Crippen LogP contribution >= 0.6 is 11.6 Å².